The number of rotatable bonds is 10. The first kappa shape index (κ1) is 21.8. The van der Waals surface area contributed by atoms with Crippen LogP contribution in [-0.2, 0) is 19.1 Å². The molecule has 0 aromatic heterocycles. The highest BCUT2D eigenvalue weighted by molar-refractivity contribution is 7.86. The van der Waals surface area contributed by atoms with Crippen molar-refractivity contribution >= 4 is 33.6 Å². The molecule has 0 aliphatic carbocycles. The Kier molecular flexibility index (Phi) is 6.42. The number of carbonyl (C=O) groups is 3. The second-order valence-electron chi connectivity index (χ2n) is 7.12. The van der Waals surface area contributed by atoms with Crippen molar-refractivity contribution in [2.24, 2.45) is 5.41 Å². The van der Waals surface area contributed by atoms with E-state index in [2.05, 4.69) is 9.50 Å². The van der Waals surface area contributed by atoms with Gasteiger partial charge < -0.3 is 15.5 Å². The Morgan fingerprint density at radius 1 is 1.21 bits per heavy atom. The molecule has 28 heavy (non-hydrogen) atoms. The lowest BCUT2D eigenvalue weighted by Crippen LogP contribution is -2.39. The lowest BCUT2D eigenvalue weighted by Gasteiger charge is -2.27. The van der Waals surface area contributed by atoms with E-state index in [4.69, 9.17) is 10.2 Å². The molecule has 0 fully saturated rings. The average Bonchev–Trinajstić information content (AvgIpc) is 2.78. The summed E-state index contributed by atoms with van der Waals surface area (Å²) < 4.78 is 27.4. The molecule has 0 saturated carbocycles. The van der Waals surface area contributed by atoms with Crippen LogP contribution >= 0.6 is 0 Å². The van der Waals surface area contributed by atoms with Crippen molar-refractivity contribution in [3.8, 4) is 0 Å². The van der Waals surface area contributed by atoms with Crippen molar-refractivity contribution in [2.45, 2.75) is 20.3 Å². The van der Waals surface area contributed by atoms with Crippen LogP contribution in [0.15, 0.2) is 18.2 Å². The van der Waals surface area contributed by atoms with E-state index < -0.39 is 52.4 Å². The van der Waals surface area contributed by atoms with Crippen molar-refractivity contribution in [2.75, 3.05) is 31.0 Å². The number of carboxylic acids is 1. The van der Waals surface area contributed by atoms with Gasteiger partial charge in [0.05, 0.1) is 29.9 Å². The minimum absolute atomic E-state index is 0.0447. The summed E-state index contributed by atoms with van der Waals surface area (Å²) in [5.74, 6) is -2.61. The largest absolute Gasteiger partial charge is 0.481 e. The van der Waals surface area contributed by atoms with Gasteiger partial charge in [0.15, 0.2) is 0 Å². The van der Waals surface area contributed by atoms with Crippen LogP contribution < -0.4 is 5.32 Å². The number of aliphatic hydroxyl groups is 1. The van der Waals surface area contributed by atoms with Crippen molar-refractivity contribution in [1.82, 2.24) is 4.90 Å². The van der Waals surface area contributed by atoms with Crippen LogP contribution in [0.1, 0.15) is 41.0 Å². The van der Waals surface area contributed by atoms with Crippen LogP contribution in [0.5, 0.6) is 0 Å². The van der Waals surface area contributed by atoms with E-state index in [1.165, 1.54) is 18.2 Å². The quantitative estimate of drug-likeness (QED) is 0.282. The minimum Gasteiger partial charge on any atom is -0.481 e. The Balaban J connectivity index is 2.10. The summed E-state index contributed by atoms with van der Waals surface area (Å²) in [6.07, 6.45) is -0.202. The molecule has 1 aromatic rings. The number of nitrogens with one attached hydrogen (secondary N) is 1. The van der Waals surface area contributed by atoms with E-state index in [1.807, 2.05) is 0 Å². The molecule has 0 bridgehead atoms. The molecule has 0 atom stereocenters. The number of amides is 2. The number of hydrogen-bond acceptors (Lipinski definition) is 8. The van der Waals surface area contributed by atoms with E-state index in [0.29, 0.717) is 5.69 Å². The number of aliphatic carboxylic acids is 1. The van der Waals surface area contributed by atoms with Gasteiger partial charge in [0, 0.05) is 12.2 Å². The molecule has 1 aromatic carbocycles. The summed E-state index contributed by atoms with van der Waals surface area (Å²) in [6.45, 7) is 2.30. The number of hydrogen-bond donors (Lipinski definition) is 3. The normalized spacial score (nSPS) is 14.3. The van der Waals surface area contributed by atoms with E-state index in [0.717, 1.165) is 4.90 Å². The van der Waals surface area contributed by atoms with E-state index in [-0.39, 0.29) is 24.1 Å². The maximum Gasteiger partial charge on any atom is 0.303 e. The highest BCUT2D eigenvalue weighted by atomic mass is 32.2. The molecule has 1 heterocycles. The van der Waals surface area contributed by atoms with Gasteiger partial charge >= 0.3 is 5.97 Å². The third-order valence-electron chi connectivity index (χ3n) is 4.04. The number of anilines is 1. The molecule has 2 rings (SSSR count). The number of fused-ring (bicyclic) bond motifs is 1. The number of carboxylic acid groups (broad SMARTS) is 1. The van der Waals surface area contributed by atoms with Crippen molar-refractivity contribution in [3.05, 3.63) is 29.3 Å². The van der Waals surface area contributed by atoms with Gasteiger partial charge in [-0.05, 0) is 23.6 Å². The zero-order valence-corrected chi connectivity index (χ0v) is 16.3. The Hall–Kier alpha value is -2.50. The Labute approximate surface area is 162 Å². The molecule has 0 radical (unpaired) electrons. The zero-order valence-electron chi connectivity index (χ0n) is 15.5. The molecule has 11 heteroatoms. The number of aliphatic hydroxyl groups excluding tert-OH is 1. The van der Waals surface area contributed by atoms with Gasteiger partial charge in [-0.25, -0.2) is 4.18 Å². The van der Waals surface area contributed by atoms with Gasteiger partial charge in [-0.3, -0.25) is 19.3 Å². The Bertz CT molecular complexity index is 894. The topological polar surface area (TPSA) is 150 Å². The fourth-order valence-corrected chi connectivity index (χ4v) is 3.39. The van der Waals surface area contributed by atoms with Crippen molar-refractivity contribution in [1.29, 1.82) is 0 Å². The molecule has 1 aliphatic rings. The number of carbonyl (C=O) groups excluding carboxylic acids is 2. The molecule has 10 nitrogen and oxygen atoms in total. The Morgan fingerprint density at radius 2 is 1.86 bits per heavy atom. The predicted molar refractivity (Wildman–Crippen MR) is 98.3 cm³/mol. The van der Waals surface area contributed by atoms with Gasteiger partial charge in [0.1, 0.15) is 6.73 Å². The van der Waals surface area contributed by atoms with Gasteiger partial charge in [-0.1, -0.05) is 13.8 Å². The Morgan fingerprint density at radius 3 is 2.46 bits per heavy atom. The maximum absolute atomic E-state index is 12.6. The smallest absolute Gasteiger partial charge is 0.303 e. The summed E-state index contributed by atoms with van der Waals surface area (Å²) in [6, 6.07) is 4.34. The van der Waals surface area contributed by atoms with Crippen LogP contribution in [0, 0.1) is 5.41 Å². The second kappa shape index (κ2) is 8.25. The summed E-state index contributed by atoms with van der Waals surface area (Å²) in [5.41, 5.74) is -0.101. The van der Waals surface area contributed by atoms with Crippen molar-refractivity contribution < 1.29 is 37.2 Å². The van der Waals surface area contributed by atoms with Gasteiger partial charge in [0.2, 0.25) is 0 Å². The molecule has 154 valence electrons. The van der Waals surface area contributed by atoms with Crippen LogP contribution in [0.25, 0.3) is 0 Å². The monoisotopic (exact) mass is 414 g/mol. The zero-order chi connectivity index (χ0) is 21.1. The van der Waals surface area contributed by atoms with Gasteiger partial charge in [-0.15, -0.1) is 0 Å². The molecule has 0 spiro atoms. The SMILES string of the molecule is CC(C)(CC(=O)O)CN1C(=O)c2ccc(NCOS(=O)(=O)CCO)cc2C1=O. The molecular weight excluding hydrogens is 392 g/mol. The van der Waals surface area contributed by atoms with E-state index in [9.17, 15) is 22.8 Å². The maximum atomic E-state index is 12.6. The summed E-state index contributed by atoms with van der Waals surface area (Å²) in [5, 5.41) is 20.3. The highest BCUT2D eigenvalue weighted by Crippen LogP contribution is 2.30. The average molecular weight is 414 g/mol. The fraction of sp³-hybridized carbons (Fsp3) is 0.471. The second-order valence-corrected chi connectivity index (χ2v) is 8.88. The molecule has 0 saturated heterocycles. The minimum atomic E-state index is -3.86. The lowest BCUT2D eigenvalue weighted by molar-refractivity contribution is -0.139. The summed E-state index contributed by atoms with van der Waals surface area (Å²) in [4.78, 5) is 37.1. The highest BCUT2D eigenvalue weighted by Gasteiger charge is 2.39. The van der Waals surface area contributed by atoms with Gasteiger partial charge in [0.25, 0.3) is 21.9 Å². The third kappa shape index (κ3) is 5.27. The lowest BCUT2D eigenvalue weighted by atomic mass is 9.89. The summed E-state index contributed by atoms with van der Waals surface area (Å²) in [7, 11) is -3.86. The molecule has 0 unspecified atom stereocenters. The first-order valence-electron chi connectivity index (χ1n) is 8.40. The van der Waals surface area contributed by atoms with Gasteiger partial charge in [-0.2, -0.15) is 8.42 Å². The number of nitrogens with zero attached hydrogens (tertiary/aromatic N) is 1. The first-order chi connectivity index (χ1) is 13.0. The molecule has 2 amide bonds. The van der Waals surface area contributed by atoms with E-state index >= 15 is 0 Å². The van der Waals surface area contributed by atoms with Crippen LogP contribution in [0.3, 0.4) is 0 Å². The number of imide groups is 1. The van der Waals surface area contributed by atoms with Crippen LogP contribution in [0.2, 0.25) is 0 Å². The fourth-order valence-electron chi connectivity index (χ4n) is 2.81. The summed E-state index contributed by atoms with van der Waals surface area (Å²) >= 11 is 0. The number of benzene rings is 1. The van der Waals surface area contributed by atoms with Crippen molar-refractivity contribution in [3.63, 3.8) is 0 Å². The van der Waals surface area contributed by atoms with E-state index in [1.54, 1.807) is 13.8 Å². The predicted octanol–water partition coefficient (Wildman–Crippen LogP) is 0.492. The first-order valence-corrected chi connectivity index (χ1v) is 9.97. The third-order valence-corrected chi connectivity index (χ3v) is 5.20. The molecule has 1 aliphatic heterocycles. The standard InChI is InChI=1S/C17H22N2O8S/c1-17(2,8-14(21)22)9-19-15(23)12-4-3-11(7-13(12)16(19)24)18-10-27-28(25,26)6-5-20/h3-4,7,18,20H,5-6,8-10H2,1-2H3,(H,21,22). The molecular formula is C17H22N2O8S. The molecule has 3 N–H and O–H groups in total. The van der Waals surface area contributed by atoms with Crippen LogP contribution in [-0.4, -0.2) is 66.9 Å². The van der Waals surface area contributed by atoms with Crippen LogP contribution in [0.4, 0.5) is 5.69 Å².